The van der Waals surface area contributed by atoms with Gasteiger partial charge in [-0.2, -0.15) is 0 Å². The van der Waals surface area contributed by atoms with Crippen LogP contribution in [0.2, 0.25) is 0 Å². The lowest BCUT2D eigenvalue weighted by molar-refractivity contribution is 0.0696. The van der Waals surface area contributed by atoms with E-state index in [-0.39, 0.29) is 12.1 Å². The van der Waals surface area contributed by atoms with Gasteiger partial charge in [0, 0.05) is 12.6 Å². The molecule has 5 N–H and O–H groups in total. The minimum Gasteiger partial charge on any atom is -0.478 e. The van der Waals surface area contributed by atoms with Gasteiger partial charge in [0.15, 0.2) is 0 Å². The Balaban J connectivity index is 3.13. The van der Waals surface area contributed by atoms with Crippen LogP contribution >= 0.6 is 0 Å². The molecule has 0 saturated carbocycles. The molecule has 0 unspecified atom stereocenters. The molecule has 0 bridgehead atoms. The van der Waals surface area contributed by atoms with Crippen LogP contribution in [-0.4, -0.2) is 17.6 Å². The summed E-state index contributed by atoms with van der Waals surface area (Å²) in [6, 6.07) is 2.91. The highest BCUT2D eigenvalue weighted by Gasteiger charge is 2.10. The molecule has 0 aromatic heterocycles. The molecule has 0 spiro atoms. The molecule has 0 fully saturated rings. The lowest BCUT2D eigenvalue weighted by Gasteiger charge is -2.09. The van der Waals surface area contributed by atoms with Gasteiger partial charge in [-0.1, -0.05) is 0 Å². The van der Waals surface area contributed by atoms with Crippen LogP contribution < -0.4 is 11.5 Å². The van der Waals surface area contributed by atoms with Gasteiger partial charge < -0.3 is 16.6 Å². The largest absolute Gasteiger partial charge is 0.478 e. The average Bonchev–Trinajstić information content (AvgIpc) is 2.15. The summed E-state index contributed by atoms with van der Waals surface area (Å²) in [6.07, 6.45) is 0. The van der Waals surface area contributed by atoms with Crippen LogP contribution in [-0.2, 0) is 0 Å². The minimum absolute atomic E-state index is 0.121. The summed E-state index contributed by atoms with van der Waals surface area (Å²) in [6.45, 7) is 0.141. The third kappa shape index (κ3) is 2.27. The molecule has 14 heavy (non-hydrogen) atoms. The van der Waals surface area contributed by atoms with Crippen molar-refractivity contribution < 1.29 is 14.3 Å². The molecular formula is C9H11FN2O2. The van der Waals surface area contributed by atoms with Crippen molar-refractivity contribution in [3.8, 4) is 0 Å². The molecule has 1 aromatic rings. The fourth-order valence-electron chi connectivity index (χ4n) is 1.09. The molecule has 5 heteroatoms. The summed E-state index contributed by atoms with van der Waals surface area (Å²) in [5.74, 6) is -1.81. The van der Waals surface area contributed by atoms with Crippen molar-refractivity contribution in [2.24, 2.45) is 11.5 Å². The zero-order chi connectivity index (χ0) is 10.7. The normalized spacial score (nSPS) is 12.5. The highest BCUT2D eigenvalue weighted by molar-refractivity contribution is 5.87. The fourth-order valence-corrected chi connectivity index (χ4v) is 1.09. The second-order valence-electron chi connectivity index (χ2n) is 2.92. The second-order valence-corrected chi connectivity index (χ2v) is 2.92. The predicted molar refractivity (Wildman–Crippen MR) is 49.3 cm³/mol. The fraction of sp³-hybridized carbons (Fsp3) is 0.222. The van der Waals surface area contributed by atoms with E-state index in [1.165, 1.54) is 12.1 Å². The number of benzene rings is 1. The molecule has 0 aliphatic heterocycles. The van der Waals surface area contributed by atoms with Crippen LogP contribution in [0, 0.1) is 5.82 Å². The number of carbonyl (C=O) groups is 1. The Bertz CT molecular complexity index is 355. The Hall–Kier alpha value is -1.46. The second kappa shape index (κ2) is 4.17. The van der Waals surface area contributed by atoms with Crippen molar-refractivity contribution >= 4 is 5.97 Å². The summed E-state index contributed by atoms with van der Waals surface area (Å²) in [5.41, 5.74) is 11.1. The van der Waals surface area contributed by atoms with E-state index in [0.717, 1.165) is 6.07 Å². The standard InChI is InChI=1S/C9H11FN2O2/c10-7-2-5(8(12)4-11)1-6(3-7)9(13)14/h1-3,8H,4,11-12H2,(H,13,14)/t8-/m0/s1. The van der Waals surface area contributed by atoms with Crippen molar-refractivity contribution in [2.75, 3.05) is 6.54 Å². The molecule has 0 aliphatic carbocycles. The third-order valence-corrected chi connectivity index (χ3v) is 1.85. The Kier molecular flexibility index (Phi) is 3.16. The van der Waals surface area contributed by atoms with E-state index < -0.39 is 17.8 Å². The summed E-state index contributed by atoms with van der Waals surface area (Å²) >= 11 is 0. The molecule has 1 atom stereocenters. The number of aromatic carboxylic acids is 1. The van der Waals surface area contributed by atoms with Gasteiger partial charge in [0.05, 0.1) is 5.56 Å². The van der Waals surface area contributed by atoms with Gasteiger partial charge in [-0.25, -0.2) is 9.18 Å². The molecule has 4 nitrogen and oxygen atoms in total. The van der Waals surface area contributed by atoms with E-state index in [1.807, 2.05) is 0 Å². The summed E-state index contributed by atoms with van der Waals surface area (Å²) in [7, 11) is 0. The van der Waals surface area contributed by atoms with E-state index in [0.29, 0.717) is 5.56 Å². The van der Waals surface area contributed by atoms with Crippen molar-refractivity contribution in [1.82, 2.24) is 0 Å². The van der Waals surface area contributed by atoms with Crippen LogP contribution in [0.15, 0.2) is 18.2 Å². The number of hydrogen-bond acceptors (Lipinski definition) is 3. The Morgan fingerprint density at radius 2 is 2.14 bits per heavy atom. The van der Waals surface area contributed by atoms with E-state index in [9.17, 15) is 9.18 Å². The molecule has 0 aliphatic rings. The maximum atomic E-state index is 12.9. The highest BCUT2D eigenvalue weighted by Crippen LogP contribution is 2.14. The van der Waals surface area contributed by atoms with E-state index >= 15 is 0 Å². The first-order chi connectivity index (χ1) is 6.54. The van der Waals surface area contributed by atoms with Gasteiger partial charge in [-0.05, 0) is 23.8 Å². The number of rotatable bonds is 3. The number of carboxylic acids is 1. The predicted octanol–water partition coefficient (Wildman–Crippen LogP) is 0.482. The summed E-state index contributed by atoms with van der Waals surface area (Å²) in [4.78, 5) is 10.6. The zero-order valence-corrected chi connectivity index (χ0v) is 7.40. The molecule has 1 aromatic carbocycles. The summed E-state index contributed by atoms with van der Waals surface area (Å²) in [5, 5.41) is 8.65. The van der Waals surface area contributed by atoms with E-state index in [1.54, 1.807) is 0 Å². The van der Waals surface area contributed by atoms with Gasteiger partial charge in [0.25, 0.3) is 0 Å². The van der Waals surface area contributed by atoms with Crippen molar-refractivity contribution in [2.45, 2.75) is 6.04 Å². The van der Waals surface area contributed by atoms with Crippen molar-refractivity contribution in [3.05, 3.63) is 35.1 Å². The Morgan fingerprint density at radius 3 is 2.64 bits per heavy atom. The molecule has 0 heterocycles. The van der Waals surface area contributed by atoms with E-state index in [4.69, 9.17) is 16.6 Å². The molecule has 1 rings (SSSR count). The average molecular weight is 198 g/mol. The monoisotopic (exact) mass is 198 g/mol. The van der Waals surface area contributed by atoms with Gasteiger partial charge in [-0.3, -0.25) is 0 Å². The molecule has 0 amide bonds. The first-order valence-electron chi connectivity index (χ1n) is 4.04. The highest BCUT2D eigenvalue weighted by atomic mass is 19.1. The zero-order valence-electron chi connectivity index (χ0n) is 7.40. The number of nitrogens with two attached hydrogens (primary N) is 2. The van der Waals surface area contributed by atoms with Crippen LogP contribution in [0.4, 0.5) is 4.39 Å². The van der Waals surface area contributed by atoms with Crippen molar-refractivity contribution in [1.29, 1.82) is 0 Å². The lowest BCUT2D eigenvalue weighted by Crippen LogP contribution is -2.21. The molecule has 0 saturated heterocycles. The topological polar surface area (TPSA) is 89.3 Å². The molecular weight excluding hydrogens is 187 g/mol. The van der Waals surface area contributed by atoms with Crippen LogP contribution in [0.25, 0.3) is 0 Å². The summed E-state index contributed by atoms with van der Waals surface area (Å²) < 4.78 is 12.9. The van der Waals surface area contributed by atoms with Crippen LogP contribution in [0.3, 0.4) is 0 Å². The van der Waals surface area contributed by atoms with Gasteiger partial charge in [-0.15, -0.1) is 0 Å². The van der Waals surface area contributed by atoms with Gasteiger partial charge in [0.2, 0.25) is 0 Å². The first-order valence-corrected chi connectivity index (χ1v) is 4.04. The molecule has 76 valence electrons. The van der Waals surface area contributed by atoms with Gasteiger partial charge >= 0.3 is 5.97 Å². The van der Waals surface area contributed by atoms with Crippen LogP contribution in [0.1, 0.15) is 22.0 Å². The van der Waals surface area contributed by atoms with Gasteiger partial charge in [0.1, 0.15) is 5.82 Å². The number of carboxylic acid groups (broad SMARTS) is 1. The maximum Gasteiger partial charge on any atom is 0.335 e. The quantitative estimate of drug-likeness (QED) is 0.659. The lowest BCUT2D eigenvalue weighted by atomic mass is 10.0. The third-order valence-electron chi connectivity index (χ3n) is 1.85. The van der Waals surface area contributed by atoms with Crippen LogP contribution in [0.5, 0.6) is 0 Å². The number of halogens is 1. The number of hydrogen-bond donors (Lipinski definition) is 3. The molecule has 0 radical (unpaired) electrons. The Labute approximate surface area is 80.3 Å². The van der Waals surface area contributed by atoms with E-state index in [2.05, 4.69) is 0 Å². The maximum absolute atomic E-state index is 12.9. The SMILES string of the molecule is NC[C@H](N)c1cc(F)cc(C(=O)O)c1. The Morgan fingerprint density at radius 1 is 1.50 bits per heavy atom. The first kappa shape index (κ1) is 10.6. The minimum atomic E-state index is -1.19. The smallest absolute Gasteiger partial charge is 0.335 e. The van der Waals surface area contributed by atoms with Crippen molar-refractivity contribution in [3.63, 3.8) is 0 Å².